The summed E-state index contributed by atoms with van der Waals surface area (Å²) in [7, 11) is 0. The van der Waals surface area contributed by atoms with E-state index in [1.54, 1.807) is 0 Å². The van der Waals surface area contributed by atoms with Crippen LogP contribution < -0.4 is 4.34 Å². The Kier molecular flexibility index (Phi) is 6.59. The van der Waals surface area contributed by atoms with Crippen LogP contribution in [0, 0.1) is 0 Å². The molecule has 0 bridgehead atoms. The van der Waals surface area contributed by atoms with Crippen LogP contribution in [0.3, 0.4) is 0 Å². The number of nitrogens with one attached hydrogen (secondary N) is 1. The topological polar surface area (TPSA) is 12.0 Å². The molecule has 0 aromatic rings. The lowest BCUT2D eigenvalue weighted by Gasteiger charge is -2.13. The Hall–Kier alpha value is 0.530. The zero-order valence-electron chi connectivity index (χ0n) is 6.48. The lowest BCUT2D eigenvalue weighted by Crippen LogP contribution is -2.21. The Labute approximate surface area is 76.0 Å². The monoisotopic (exact) mass is 223 g/mol. The number of halogens is 1. The van der Waals surface area contributed by atoms with Crippen molar-refractivity contribution in [3.63, 3.8) is 0 Å². The predicted molar refractivity (Wildman–Crippen MR) is 53.7 cm³/mol. The molecular weight excluding hydrogens is 210 g/mol. The second-order valence-corrected chi connectivity index (χ2v) is 3.73. The summed E-state index contributed by atoms with van der Waals surface area (Å²) in [5.74, 6) is 1.18. The van der Waals surface area contributed by atoms with E-state index in [9.17, 15) is 0 Å². The standard InChI is InChI=1S/C7H14BrNS/c1-6(2)7(9-8)4-5-10-3/h7,9H,1,4-5H2,2-3H3/t7-/m0/s1. The van der Waals surface area contributed by atoms with E-state index in [4.69, 9.17) is 0 Å². The molecule has 10 heavy (non-hydrogen) atoms. The first-order valence-electron chi connectivity index (χ1n) is 3.23. The summed E-state index contributed by atoms with van der Waals surface area (Å²) in [6, 6.07) is 0.424. The summed E-state index contributed by atoms with van der Waals surface area (Å²) in [5, 5.41) is 0. The van der Waals surface area contributed by atoms with E-state index < -0.39 is 0 Å². The quantitative estimate of drug-likeness (QED) is 0.569. The predicted octanol–water partition coefficient (Wildman–Crippen LogP) is 2.58. The van der Waals surface area contributed by atoms with Crippen LogP contribution in [0.1, 0.15) is 13.3 Å². The van der Waals surface area contributed by atoms with Gasteiger partial charge >= 0.3 is 0 Å². The maximum Gasteiger partial charge on any atom is 0.0386 e. The van der Waals surface area contributed by atoms with Crippen molar-refractivity contribution in [2.24, 2.45) is 0 Å². The Morgan fingerprint density at radius 1 is 1.80 bits per heavy atom. The van der Waals surface area contributed by atoms with Crippen molar-refractivity contribution in [3.8, 4) is 0 Å². The van der Waals surface area contributed by atoms with Crippen molar-refractivity contribution in [1.29, 1.82) is 0 Å². The molecule has 0 saturated carbocycles. The van der Waals surface area contributed by atoms with Gasteiger partial charge in [0.1, 0.15) is 0 Å². The van der Waals surface area contributed by atoms with Gasteiger partial charge in [-0.1, -0.05) is 12.2 Å². The van der Waals surface area contributed by atoms with Gasteiger partial charge in [0.2, 0.25) is 0 Å². The molecule has 0 saturated heterocycles. The minimum absolute atomic E-state index is 0.424. The third-order valence-corrected chi connectivity index (χ3v) is 2.53. The Bertz CT molecular complexity index is 106. The molecule has 0 radical (unpaired) electrons. The average Bonchev–Trinajstić information content (AvgIpc) is 1.89. The molecule has 0 spiro atoms. The van der Waals surface area contributed by atoms with Crippen molar-refractivity contribution in [1.82, 2.24) is 4.34 Å². The summed E-state index contributed by atoms with van der Waals surface area (Å²) in [6.07, 6.45) is 3.26. The zero-order valence-corrected chi connectivity index (χ0v) is 8.89. The normalized spacial score (nSPS) is 13.1. The maximum absolute atomic E-state index is 3.88. The highest BCUT2D eigenvalue weighted by Gasteiger charge is 2.04. The molecule has 0 aliphatic heterocycles. The fourth-order valence-electron chi connectivity index (χ4n) is 0.630. The summed E-state index contributed by atoms with van der Waals surface area (Å²) in [4.78, 5) is 0. The van der Waals surface area contributed by atoms with Crippen LogP contribution in [0.15, 0.2) is 12.2 Å². The molecule has 0 aliphatic carbocycles. The number of thioether (sulfide) groups is 1. The lowest BCUT2D eigenvalue weighted by atomic mass is 10.1. The van der Waals surface area contributed by atoms with Crippen molar-refractivity contribution in [2.75, 3.05) is 12.0 Å². The van der Waals surface area contributed by atoms with Gasteiger partial charge in [0.05, 0.1) is 0 Å². The van der Waals surface area contributed by atoms with Gasteiger partial charge in [-0.05, 0) is 25.4 Å². The molecule has 0 fully saturated rings. The molecule has 0 unspecified atom stereocenters. The molecule has 0 rings (SSSR count). The van der Waals surface area contributed by atoms with E-state index in [-0.39, 0.29) is 0 Å². The van der Waals surface area contributed by atoms with Crippen LogP contribution in [-0.4, -0.2) is 18.1 Å². The fourth-order valence-corrected chi connectivity index (χ4v) is 1.72. The van der Waals surface area contributed by atoms with Crippen LogP contribution in [0.4, 0.5) is 0 Å². The van der Waals surface area contributed by atoms with Crippen LogP contribution in [0.2, 0.25) is 0 Å². The lowest BCUT2D eigenvalue weighted by molar-refractivity contribution is 0.711. The first-order valence-corrected chi connectivity index (χ1v) is 5.41. The second-order valence-electron chi connectivity index (χ2n) is 2.29. The van der Waals surface area contributed by atoms with Crippen LogP contribution in [0.5, 0.6) is 0 Å². The second kappa shape index (κ2) is 6.25. The SMILES string of the molecule is C=C(C)[C@H](CCSC)NBr. The minimum atomic E-state index is 0.424. The molecular formula is C7H14BrNS. The van der Waals surface area contributed by atoms with Gasteiger partial charge in [-0.2, -0.15) is 11.8 Å². The number of hydrogen-bond acceptors (Lipinski definition) is 2. The molecule has 0 aromatic carbocycles. The van der Waals surface area contributed by atoms with Gasteiger partial charge in [0.25, 0.3) is 0 Å². The summed E-state index contributed by atoms with van der Waals surface area (Å²) >= 11 is 5.09. The van der Waals surface area contributed by atoms with Crippen molar-refractivity contribution in [3.05, 3.63) is 12.2 Å². The Balaban J connectivity index is 3.50. The first-order chi connectivity index (χ1) is 4.72. The highest BCUT2D eigenvalue weighted by molar-refractivity contribution is 9.08. The van der Waals surface area contributed by atoms with Gasteiger partial charge in [-0.3, -0.25) is 0 Å². The molecule has 1 nitrogen and oxygen atoms in total. The van der Waals surface area contributed by atoms with E-state index >= 15 is 0 Å². The third-order valence-electron chi connectivity index (χ3n) is 1.34. The zero-order chi connectivity index (χ0) is 7.98. The van der Waals surface area contributed by atoms with E-state index in [1.807, 2.05) is 18.7 Å². The Morgan fingerprint density at radius 2 is 2.40 bits per heavy atom. The van der Waals surface area contributed by atoms with E-state index in [1.165, 1.54) is 11.3 Å². The fraction of sp³-hybridized carbons (Fsp3) is 0.714. The van der Waals surface area contributed by atoms with Crippen molar-refractivity contribution < 1.29 is 0 Å². The number of hydrogen-bond donors (Lipinski definition) is 1. The third kappa shape index (κ3) is 4.36. The molecule has 1 atom stereocenters. The molecule has 0 heterocycles. The van der Waals surface area contributed by atoms with Crippen LogP contribution in [0.25, 0.3) is 0 Å². The van der Waals surface area contributed by atoms with Gasteiger partial charge < -0.3 is 0 Å². The molecule has 0 aliphatic rings. The van der Waals surface area contributed by atoms with Gasteiger partial charge in [0.15, 0.2) is 0 Å². The average molecular weight is 224 g/mol. The van der Waals surface area contributed by atoms with Crippen LogP contribution >= 0.6 is 27.9 Å². The van der Waals surface area contributed by atoms with E-state index in [0.29, 0.717) is 6.04 Å². The van der Waals surface area contributed by atoms with Gasteiger partial charge in [0, 0.05) is 22.2 Å². The van der Waals surface area contributed by atoms with E-state index in [0.717, 1.165) is 6.42 Å². The largest absolute Gasteiger partial charge is 0.249 e. The van der Waals surface area contributed by atoms with E-state index in [2.05, 4.69) is 33.3 Å². The maximum atomic E-state index is 3.88. The van der Waals surface area contributed by atoms with Crippen molar-refractivity contribution in [2.45, 2.75) is 19.4 Å². The first kappa shape index (κ1) is 10.5. The smallest absolute Gasteiger partial charge is 0.0386 e. The molecule has 0 aromatic heterocycles. The molecule has 0 amide bonds. The minimum Gasteiger partial charge on any atom is -0.249 e. The van der Waals surface area contributed by atoms with Crippen LogP contribution in [-0.2, 0) is 0 Å². The number of rotatable bonds is 5. The highest BCUT2D eigenvalue weighted by atomic mass is 79.9. The molecule has 3 heteroatoms. The molecule has 1 N–H and O–H groups in total. The summed E-state index contributed by atoms with van der Waals surface area (Å²) in [6.45, 7) is 5.92. The van der Waals surface area contributed by atoms with Gasteiger partial charge in [-0.25, -0.2) is 4.34 Å². The Morgan fingerprint density at radius 3 is 2.70 bits per heavy atom. The summed E-state index contributed by atoms with van der Waals surface area (Å²) < 4.78 is 3.04. The summed E-state index contributed by atoms with van der Waals surface area (Å²) in [5.41, 5.74) is 1.19. The van der Waals surface area contributed by atoms with Gasteiger partial charge in [-0.15, -0.1) is 0 Å². The van der Waals surface area contributed by atoms with Crippen molar-refractivity contribution >= 4 is 27.9 Å². The molecule has 60 valence electrons. The highest BCUT2D eigenvalue weighted by Crippen LogP contribution is 2.08.